The maximum atomic E-state index is 12.7. The minimum absolute atomic E-state index is 0.0822. The second kappa shape index (κ2) is 6.52. The number of nitrogens with zero attached hydrogens (tertiary/aromatic N) is 4. The minimum Gasteiger partial charge on any atom is -0.315 e. The number of piperidine rings is 1. The highest BCUT2D eigenvalue weighted by Gasteiger charge is 2.30. The van der Waals surface area contributed by atoms with Crippen molar-refractivity contribution in [3.8, 4) is 0 Å². The average molecular weight is 349 g/mol. The van der Waals surface area contributed by atoms with Crippen molar-refractivity contribution in [2.75, 3.05) is 11.9 Å². The van der Waals surface area contributed by atoms with E-state index in [0.29, 0.717) is 11.0 Å². The van der Waals surface area contributed by atoms with E-state index in [2.05, 4.69) is 20.5 Å². The van der Waals surface area contributed by atoms with E-state index < -0.39 is 0 Å². The summed E-state index contributed by atoms with van der Waals surface area (Å²) in [5.41, 5.74) is 0. The summed E-state index contributed by atoms with van der Waals surface area (Å²) >= 11 is 3.13. The van der Waals surface area contributed by atoms with Crippen LogP contribution < -0.4 is 5.32 Å². The van der Waals surface area contributed by atoms with Crippen LogP contribution in [0.1, 0.15) is 60.5 Å². The van der Waals surface area contributed by atoms with Crippen LogP contribution in [0.3, 0.4) is 0 Å². The molecule has 0 aromatic carbocycles. The van der Waals surface area contributed by atoms with Gasteiger partial charge in [-0.3, -0.25) is 5.32 Å². The summed E-state index contributed by atoms with van der Waals surface area (Å²) in [6, 6.07) is 0.00369. The number of hydrogen-bond acceptors (Lipinski definition) is 6. The minimum atomic E-state index is -0.0822. The van der Waals surface area contributed by atoms with E-state index >= 15 is 0 Å². The number of aromatic nitrogens is 3. The molecule has 1 aliphatic heterocycles. The summed E-state index contributed by atoms with van der Waals surface area (Å²) in [6.07, 6.45) is 8.62. The molecule has 0 spiro atoms. The zero-order valence-corrected chi connectivity index (χ0v) is 14.4. The van der Waals surface area contributed by atoms with Crippen molar-refractivity contribution in [1.29, 1.82) is 0 Å². The smallest absolute Gasteiger partial charge is 0.315 e. The van der Waals surface area contributed by atoms with Crippen LogP contribution in [0.4, 0.5) is 9.93 Å². The van der Waals surface area contributed by atoms with Gasteiger partial charge in [0.2, 0.25) is 5.13 Å². The van der Waals surface area contributed by atoms with Gasteiger partial charge in [-0.05, 0) is 32.1 Å². The Morgan fingerprint density at radius 3 is 2.83 bits per heavy atom. The number of thiazole rings is 1. The van der Waals surface area contributed by atoms with E-state index in [1.54, 1.807) is 17.5 Å². The van der Waals surface area contributed by atoms with Gasteiger partial charge in [-0.15, -0.1) is 21.5 Å². The van der Waals surface area contributed by atoms with Crippen molar-refractivity contribution in [3.05, 3.63) is 21.6 Å². The molecule has 8 heteroatoms. The Morgan fingerprint density at radius 1 is 1.17 bits per heavy atom. The Bertz CT molecular complexity index is 667. The lowest BCUT2D eigenvalue weighted by atomic mass is 9.86. The molecular formula is C15H19N5OS2. The quantitative estimate of drug-likeness (QED) is 0.908. The van der Waals surface area contributed by atoms with Gasteiger partial charge in [-0.1, -0.05) is 17.8 Å². The fourth-order valence-electron chi connectivity index (χ4n) is 3.10. The Kier molecular flexibility index (Phi) is 4.26. The summed E-state index contributed by atoms with van der Waals surface area (Å²) in [4.78, 5) is 19.0. The predicted molar refractivity (Wildman–Crippen MR) is 90.9 cm³/mol. The van der Waals surface area contributed by atoms with Crippen molar-refractivity contribution in [2.24, 2.45) is 0 Å². The monoisotopic (exact) mass is 349 g/mol. The molecule has 122 valence electrons. The highest BCUT2D eigenvalue weighted by molar-refractivity contribution is 7.15. The molecule has 2 aromatic heterocycles. The van der Waals surface area contributed by atoms with Gasteiger partial charge < -0.3 is 4.90 Å². The third kappa shape index (κ3) is 3.10. The maximum Gasteiger partial charge on any atom is 0.324 e. The molecule has 1 unspecified atom stereocenters. The first kappa shape index (κ1) is 15.0. The first-order valence-electron chi connectivity index (χ1n) is 8.11. The number of carbonyl (C=O) groups is 1. The Balaban J connectivity index is 1.45. The summed E-state index contributed by atoms with van der Waals surface area (Å²) < 4.78 is 0. The van der Waals surface area contributed by atoms with Gasteiger partial charge in [0.25, 0.3) is 0 Å². The van der Waals surface area contributed by atoms with Crippen LogP contribution in [-0.4, -0.2) is 32.7 Å². The van der Waals surface area contributed by atoms with Gasteiger partial charge in [-0.25, -0.2) is 9.78 Å². The third-order valence-electron chi connectivity index (χ3n) is 4.61. The van der Waals surface area contributed by atoms with Gasteiger partial charge in [0.05, 0.1) is 6.04 Å². The van der Waals surface area contributed by atoms with Crippen LogP contribution in [0.15, 0.2) is 11.6 Å². The lowest BCUT2D eigenvalue weighted by molar-refractivity contribution is 0.163. The molecule has 1 saturated carbocycles. The van der Waals surface area contributed by atoms with Crippen molar-refractivity contribution in [2.45, 2.75) is 50.5 Å². The molecule has 23 heavy (non-hydrogen) atoms. The molecule has 2 fully saturated rings. The molecular weight excluding hydrogens is 330 g/mol. The van der Waals surface area contributed by atoms with Gasteiger partial charge in [-0.2, -0.15) is 0 Å². The Morgan fingerprint density at radius 2 is 2.09 bits per heavy atom. The second-order valence-electron chi connectivity index (χ2n) is 6.08. The lowest BCUT2D eigenvalue weighted by Crippen LogP contribution is -2.41. The molecule has 3 heterocycles. The van der Waals surface area contributed by atoms with Gasteiger partial charge >= 0.3 is 6.03 Å². The number of hydrogen-bond donors (Lipinski definition) is 1. The number of rotatable bonds is 3. The number of nitrogens with one attached hydrogen (secondary N) is 1. The summed E-state index contributed by atoms with van der Waals surface area (Å²) in [5.74, 6) is 0.552. The van der Waals surface area contributed by atoms with Crippen LogP contribution in [0, 0.1) is 0 Å². The number of carbonyl (C=O) groups excluding carboxylic acids is 1. The predicted octanol–water partition coefficient (Wildman–Crippen LogP) is 4.02. The van der Waals surface area contributed by atoms with Crippen molar-refractivity contribution < 1.29 is 4.79 Å². The highest BCUT2D eigenvalue weighted by atomic mass is 32.1. The fraction of sp³-hybridized carbons (Fsp3) is 0.600. The number of likely N-dealkylation sites (tertiary alicyclic amines) is 1. The second-order valence-corrected chi connectivity index (χ2v) is 8.01. The first-order chi connectivity index (χ1) is 11.3. The fourth-order valence-corrected chi connectivity index (χ4v) is 4.79. The molecule has 1 aliphatic carbocycles. The molecule has 6 nitrogen and oxygen atoms in total. The van der Waals surface area contributed by atoms with Gasteiger partial charge in [0.1, 0.15) is 10.0 Å². The summed E-state index contributed by atoms with van der Waals surface area (Å²) in [6.45, 7) is 0.768. The molecule has 2 amide bonds. The van der Waals surface area contributed by atoms with E-state index in [1.165, 1.54) is 30.6 Å². The molecule has 0 bridgehead atoms. The van der Waals surface area contributed by atoms with Crippen molar-refractivity contribution in [3.63, 3.8) is 0 Å². The lowest BCUT2D eigenvalue weighted by Gasteiger charge is -2.34. The van der Waals surface area contributed by atoms with Crippen LogP contribution in [0.2, 0.25) is 0 Å². The average Bonchev–Trinajstić information content (AvgIpc) is 3.17. The normalized spacial score (nSPS) is 21.9. The summed E-state index contributed by atoms with van der Waals surface area (Å²) in [5, 5.41) is 16.0. The van der Waals surface area contributed by atoms with Gasteiger partial charge in [0, 0.05) is 24.0 Å². The Labute approximate surface area is 143 Å². The van der Waals surface area contributed by atoms with E-state index in [1.807, 2.05) is 10.3 Å². The molecule has 1 saturated heterocycles. The molecule has 0 radical (unpaired) electrons. The number of anilines is 1. The van der Waals surface area contributed by atoms with Crippen LogP contribution in [-0.2, 0) is 0 Å². The van der Waals surface area contributed by atoms with Crippen molar-refractivity contribution >= 4 is 33.8 Å². The summed E-state index contributed by atoms with van der Waals surface area (Å²) in [7, 11) is 0. The Hall–Kier alpha value is -1.54. The van der Waals surface area contributed by atoms with Gasteiger partial charge in [0.15, 0.2) is 0 Å². The van der Waals surface area contributed by atoms with Crippen LogP contribution in [0.5, 0.6) is 0 Å². The van der Waals surface area contributed by atoms with E-state index in [-0.39, 0.29) is 12.1 Å². The molecule has 2 aromatic rings. The van der Waals surface area contributed by atoms with E-state index in [0.717, 1.165) is 35.8 Å². The van der Waals surface area contributed by atoms with Crippen LogP contribution >= 0.6 is 22.7 Å². The highest BCUT2D eigenvalue weighted by Crippen LogP contribution is 2.39. The zero-order valence-electron chi connectivity index (χ0n) is 12.8. The van der Waals surface area contributed by atoms with Crippen LogP contribution in [0.25, 0.3) is 0 Å². The largest absolute Gasteiger partial charge is 0.324 e. The SMILES string of the molecule is O=C(Nc1nnc(C2CCC2)s1)N1CCCCC1c1nccs1. The molecule has 2 aliphatic rings. The molecule has 4 rings (SSSR count). The standard InChI is InChI=1S/C15H19N5OS2/c21-15(17-14-19-18-12(23-14)10-4-3-5-10)20-8-2-1-6-11(20)13-16-7-9-22-13/h7,9-11H,1-6,8H2,(H,17,19,21). The topological polar surface area (TPSA) is 71.0 Å². The maximum absolute atomic E-state index is 12.7. The number of urea groups is 1. The molecule has 1 atom stereocenters. The third-order valence-corrected chi connectivity index (χ3v) is 6.49. The zero-order chi connectivity index (χ0) is 15.6. The van der Waals surface area contributed by atoms with E-state index in [9.17, 15) is 4.79 Å². The van der Waals surface area contributed by atoms with Crippen molar-refractivity contribution in [1.82, 2.24) is 20.1 Å². The first-order valence-corrected chi connectivity index (χ1v) is 9.81. The molecule has 1 N–H and O–H groups in total. The van der Waals surface area contributed by atoms with E-state index in [4.69, 9.17) is 0 Å². The number of amides is 2.